The summed E-state index contributed by atoms with van der Waals surface area (Å²) in [7, 11) is 0. The summed E-state index contributed by atoms with van der Waals surface area (Å²) in [5, 5.41) is 64.8. The average Bonchev–Trinajstić information content (AvgIpc) is 4.09. The molecule has 31 heteroatoms. The summed E-state index contributed by atoms with van der Waals surface area (Å²) in [5.74, 6) is -9.26. The van der Waals surface area contributed by atoms with Crippen molar-refractivity contribution in [2.45, 2.75) is 102 Å². The minimum Gasteiger partial charge on any atom is -0.481 e. The van der Waals surface area contributed by atoms with Gasteiger partial charge in [-0.2, -0.15) is 0 Å². The lowest BCUT2D eigenvalue weighted by Crippen LogP contribution is -2.52. The van der Waals surface area contributed by atoms with E-state index < -0.39 is 83.6 Å². The number of carbonyl (C=O) groups is 12. The lowest BCUT2D eigenvalue weighted by Gasteiger charge is -2.29. The summed E-state index contributed by atoms with van der Waals surface area (Å²) in [6.45, 7) is 0.627. The molecule has 0 spiro atoms. The number of fused-ring (bicyclic) bond motifs is 4. The fraction of sp³-hybridized carbons (Fsp3) is 0.308. The molecule has 1 saturated heterocycles. The summed E-state index contributed by atoms with van der Waals surface area (Å²) >= 11 is 0. The molecule has 15 N–H and O–H groups in total. The summed E-state index contributed by atoms with van der Waals surface area (Å²) in [6.07, 6.45) is -0.777. The van der Waals surface area contributed by atoms with E-state index in [4.69, 9.17) is 37.7 Å². The molecule has 5 aliphatic rings. The Bertz CT molecular complexity index is 3180. The first-order valence-electron chi connectivity index (χ1n) is 24.4. The topological polar surface area (TPSA) is 462 Å². The number of nitrogens with two attached hydrogens (primary N) is 3. The van der Waals surface area contributed by atoms with Crippen LogP contribution in [0.25, 0.3) is 0 Å². The van der Waals surface area contributed by atoms with Crippen LogP contribution in [0.1, 0.15) is 115 Å². The molecule has 0 radical (unpaired) electrons. The number of rotatable bonds is 17. The third-order valence-electron chi connectivity index (χ3n) is 13.6. The first-order valence-corrected chi connectivity index (χ1v) is 24.4. The average molecular weight is 1220 g/mol. The van der Waals surface area contributed by atoms with Gasteiger partial charge >= 0.3 is 35.8 Å². The Kier molecular flexibility index (Phi) is 24.1. The maximum absolute atomic E-state index is 12.3. The van der Waals surface area contributed by atoms with Gasteiger partial charge in [0.15, 0.2) is 0 Å². The standard InChI is InChI=1S/C13H13N3O4.3C13H14N2O5.3ClH/c17-11-5-4-10(12(18)14-11)16-6-8-7(13(16)19)2-1-3-9(8)15-20;14-8-2-1-7-6-15(12(18)9(7)5-8)10(13(19)20)3-4-11(16)17;14-9-3-1-2-7-8(9)6-15(12(7)18)10(13(19)20)4-5-11(16)17;14-8-3-1-2-7-6-15(12(18)11(7)8)9(13(19)20)4-5-10(16)17;;;/h1-3,10,15,20H,4-6H2,(H,14,17,18);1-2,5,10H,3-4,6,14H2,(H,16,17)(H,19,20);1-3,10H,4-6,14H2,(H,16,17)(H,19,20);1-3,9H,4-6,14H2,(H,16,17)(H,19,20);3*1H. The number of carboxylic acid groups (broad SMARTS) is 6. The zero-order chi connectivity index (χ0) is 58.9. The number of anilines is 4. The number of halogens is 3. The van der Waals surface area contributed by atoms with E-state index in [0.717, 1.165) is 9.80 Å². The number of nitrogen functional groups attached to an aromatic ring is 3. The van der Waals surface area contributed by atoms with Crippen molar-refractivity contribution in [1.29, 1.82) is 0 Å². The Morgan fingerprint density at radius 2 is 1.01 bits per heavy atom. The molecule has 28 nitrogen and oxygen atoms in total. The highest BCUT2D eigenvalue weighted by Gasteiger charge is 2.42. The second-order valence-electron chi connectivity index (χ2n) is 18.7. The number of carbonyl (C=O) groups excluding carboxylic acids is 6. The van der Waals surface area contributed by atoms with Crippen molar-refractivity contribution < 1.29 is 93.4 Å². The van der Waals surface area contributed by atoms with E-state index in [2.05, 4.69) is 10.8 Å². The highest BCUT2D eigenvalue weighted by Crippen LogP contribution is 2.34. The van der Waals surface area contributed by atoms with E-state index in [-0.39, 0.29) is 120 Å². The van der Waals surface area contributed by atoms with Gasteiger partial charge in [0.2, 0.25) is 11.8 Å². The largest absolute Gasteiger partial charge is 0.481 e. The molecule has 83 heavy (non-hydrogen) atoms. The van der Waals surface area contributed by atoms with Crippen LogP contribution in [0.2, 0.25) is 0 Å². The Morgan fingerprint density at radius 1 is 0.542 bits per heavy atom. The molecule has 4 aromatic rings. The molecule has 4 aromatic carbocycles. The molecule has 0 aliphatic carbocycles. The summed E-state index contributed by atoms with van der Waals surface area (Å²) in [4.78, 5) is 142. The number of piperidine rings is 1. The highest BCUT2D eigenvalue weighted by atomic mass is 35.5. The van der Waals surface area contributed by atoms with Gasteiger partial charge in [0.25, 0.3) is 23.6 Å². The Morgan fingerprint density at radius 3 is 1.51 bits per heavy atom. The van der Waals surface area contributed by atoms with E-state index in [1.54, 1.807) is 66.7 Å². The van der Waals surface area contributed by atoms with Crippen LogP contribution in [0, 0.1) is 0 Å². The zero-order valence-corrected chi connectivity index (χ0v) is 45.9. The molecule has 446 valence electrons. The number of hydrogen-bond acceptors (Lipinski definition) is 17. The van der Waals surface area contributed by atoms with Gasteiger partial charge < -0.3 is 67.4 Å². The third-order valence-corrected chi connectivity index (χ3v) is 13.6. The second-order valence-corrected chi connectivity index (χ2v) is 18.7. The summed E-state index contributed by atoms with van der Waals surface area (Å²) < 4.78 is 0. The minimum absolute atomic E-state index is 0. The number of aliphatic carboxylic acids is 6. The van der Waals surface area contributed by atoms with Crippen LogP contribution in [0.15, 0.2) is 72.8 Å². The smallest absolute Gasteiger partial charge is 0.326 e. The molecule has 5 aliphatic heterocycles. The predicted octanol–water partition coefficient (Wildman–Crippen LogP) is 3.14. The number of nitrogens with one attached hydrogen (secondary N) is 2. The van der Waals surface area contributed by atoms with Gasteiger partial charge in [-0.25, -0.2) is 14.4 Å². The Balaban J connectivity index is 0.000000287. The molecular formula is C52H58Cl3N9O19. The van der Waals surface area contributed by atoms with Gasteiger partial charge in [0.1, 0.15) is 24.2 Å². The fourth-order valence-corrected chi connectivity index (χ4v) is 9.60. The van der Waals surface area contributed by atoms with Crippen LogP contribution in [0.3, 0.4) is 0 Å². The minimum atomic E-state index is -1.22. The second kappa shape index (κ2) is 29.5. The van der Waals surface area contributed by atoms with Crippen molar-refractivity contribution in [1.82, 2.24) is 24.9 Å². The monoisotopic (exact) mass is 1220 g/mol. The van der Waals surface area contributed by atoms with Crippen LogP contribution in [0.5, 0.6) is 0 Å². The molecule has 9 rings (SSSR count). The first-order chi connectivity index (χ1) is 37.8. The van der Waals surface area contributed by atoms with Gasteiger partial charge in [-0.1, -0.05) is 30.3 Å². The lowest BCUT2D eigenvalue weighted by molar-refractivity contribution is -0.145. The molecule has 5 heterocycles. The first kappa shape index (κ1) is 68.0. The SMILES string of the molecule is Cl.Cl.Cl.Nc1ccc2c(c1)C(=O)N(C(CCC(=O)O)C(=O)O)C2.Nc1cccc2c1C(=O)N(C(CCC(=O)O)C(=O)O)C2.Nc1cccc2c1CN(C(CCC(=O)O)C(=O)O)C2=O.O=C1CCC(N2Cc3c(NO)cccc3C2=O)C(=O)N1. The maximum Gasteiger partial charge on any atom is 0.326 e. The normalized spacial score (nSPS) is 16.1. The Hall–Kier alpha value is -9.25. The van der Waals surface area contributed by atoms with Gasteiger partial charge in [-0.3, -0.25) is 59.2 Å². The number of carboxylic acids is 6. The van der Waals surface area contributed by atoms with E-state index in [1.165, 1.54) is 15.9 Å². The van der Waals surface area contributed by atoms with E-state index in [1.807, 2.05) is 0 Å². The predicted molar refractivity (Wildman–Crippen MR) is 297 cm³/mol. The number of benzene rings is 4. The summed E-state index contributed by atoms with van der Waals surface area (Å²) in [6, 6.07) is 15.5. The quantitative estimate of drug-likeness (QED) is 0.0410. The van der Waals surface area contributed by atoms with Crippen molar-refractivity contribution in [3.8, 4) is 0 Å². The van der Waals surface area contributed by atoms with Crippen molar-refractivity contribution in [2.24, 2.45) is 0 Å². The Labute approximate surface area is 489 Å². The van der Waals surface area contributed by atoms with Gasteiger partial charge in [-0.15, -0.1) is 37.2 Å². The molecule has 0 saturated carbocycles. The number of imide groups is 1. The number of hydrogen-bond donors (Lipinski definition) is 12. The van der Waals surface area contributed by atoms with Gasteiger partial charge in [0, 0.05) is 96.7 Å². The lowest BCUT2D eigenvalue weighted by atomic mass is 10.0. The molecular weight excluding hydrogens is 1160 g/mol. The highest BCUT2D eigenvalue weighted by molar-refractivity contribution is 6.07. The molecule has 0 bridgehead atoms. The van der Waals surface area contributed by atoms with Crippen molar-refractivity contribution in [3.05, 3.63) is 117 Å². The maximum atomic E-state index is 12.3. The zero-order valence-electron chi connectivity index (χ0n) is 43.5. The van der Waals surface area contributed by atoms with Crippen LogP contribution in [-0.4, -0.2) is 151 Å². The van der Waals surface area contributed by atoms with Crippen molar-refractivity contribution in [3.63, 3.8) is 0 Å². The summed E-state index contributed by atoms with van der Waals surface area (Å²) in [5.41, 5.74) is 24.9. The molecule has 0 aromatic heterocycles. The molecule has 4 atom stereocenters. The number of nitrogens with zero attached hydrogens (tertiary/aromatic N) is 4. The van der Waals surface area contributed by atoms with Crippen molar-refractivity contribution >= 4 is 131 Å². The fourth-order valence-electron chi connectivity index (χ4n) is 9.60. The van der Waals surface area contributed by atoms with Crippen LogP contribution in [-0.2, 0) is 64.5 Å². The molecule has 6 amide bonds. The number of amides is 6. The van der Waals surface area contributed by atoms with E-state index in [0.29, 0.717) is 73.7 Å². The van der Waals surface area contributed by atoms with Crippen molar-refractivity contribution in [2.75, 3.05) is 22.7 Å². The van der Waals surface area contributed by atoms with Gasteiger partial charge in [0.05, 0.1) is 11.3 Å². The third kappa shape index (κ3) is 15.8. The molecule has 1 fully saturated rings. The van der Waals surface area contributed by atoms with Crippen LogP contribution < -0.4 is 28.0 Å². The van der Waals surface area contributed by atoms with Crippen LogP contribution >= 0.6 is 37.2 Å². The van der Waals surface area contributed by atoms with E-state index in [9.17, 15) is 72.9 Å². The molecule has 4 unspecified atom stereocenters. The van der Waals surface area contributed by atoms with E-state index >= 15 is 0 Å². The van der Waals surface area contributed by atoms with Gasteiger partial charge in [-0.05, 0) is 79.3 Å². The van der Waals surface area contributed by atoms with Crippen LogP contribution in [0.4, 0.5) is 22.7 Å².